The number of hydrogen-bond acceptors (Lipinski definition) is 2. The molecule has 94 valence electrons. The first-order valence-corrected chi connectivity index (χ1v) is 6.71. The highest BCUT2D eigenvalue weighted by molar-refractivity contribution is 9.10. The number of ether oxygens (including phenoxy) is 1. The third-order valence-corrected chi connectivity index (χ3v) is 3.26. The van der Waals surface area contributed by atoms with Crippen LogP contribution in [0.2, 0.25) is 0 Å². The highest BCUT2D eigenvalue weighted by atomic mass is 79.9. The zero-order valence-electron chi connectivity index (χ0n) is 10.3. The Morgan fingerprint density at radius 3 is 2.50 bits per heavy atom. The van der Waals surface area contributed by atoms with Gasteiger partial charge < -0.3 is 10.5 Å². The van der Waals surface area contributed by atoms with Gasteiger partial charge in [-0.2, -0.15) is 0 Å². The van der Waals surface area contributed by atoms with Crippen LogP contribution in [0, 0.1) is 6.92 Å². The molecular formula is C15H16BrNO. The second kappa shape index (κ2) is 6.03. The number of aryl methyl sites for hydroxylation is 1. The summed E-state index contributed by atoms with van der Waals surface area (Å²) in [4.78, 5) is 0. The lowest BCUT2D eigenvalue weighted by Gasteiger charge is -2.10. The average Bonchev–Trinajstić information content (AvgIpc) is 2.36. The van der Waals surface area contributed by atoms with Gasteiger partial charge in [0.1, 0.15) is 11.5 Å². The monoisotopic (exact) mass is 305 g/mol. The summed E-state index contributed by atoms with van der Waals surface area (Å²) < 4.78 is 6.93. The summed E-state index contributed by atoms with van der Waals surface area (Å²) >= 11 is 3.41. The number of rotatable bonds is 4. The van der Waals surface area contributed by atoms with E-state index in [-0.39, 0.29) is 0 Å². The predicted octanol–water partition coefficient (Wildman–Crippen LogP) is 4.05. The van der Waals surface area contributed by atoms with Crippen molar-refractivity contribution in [3.05, 3.63) is 58.1 Å². The minimum atomic E-state index is 0.654. The minimum Gasteiger partial charge on any atom is -0.457 e. The van der Waals surface area contributed by atoms with Crippen LogP contribution in [-0.2, 0) is 6.42 Å². The molecule has 2 N–H and O–H groups in total. The molecule has 18 heavy (non-hydrogen) atoms. The average molecular weight is 306 g/mol. The molecule has 0 aromatic heterocycles. The van der Waals surface area contributed by atoms with E-state index in [1.165, 1.54) is 5.56 Å². The summed E-state index contributed by atoms with van der Waals surface area (Å²) in [6.07, 6.45) is 0.872. The fraction of sp³-hybridized carbons (Fsp3) is 0.200. The van der Waals surface area contributed by atoms with E-state index in [1.54, 1.807) is 0 Å². The van der Waals surface area contributed by atoms with Crippen LogP contribution in [0.15, 0.2) is 46.9 Å². The summed E-state index contributed by atoms with van der Waals surface area (Å²) in [5, 5.41) is 0. The van der Waals surface area contributed by atoms with Crippen LogP contribution < -0.4 is 10.5 Å². The van der Waals surface area contributed by atoms with Crippen molar-refractivity contribution in [2.75, 3.05) is 6.54 Å². The van der Waals surface area contributed by atoms with Crippen molar-refractivity contribution in [3.63, 3.8) is 0 Å². The SMILES string of the molecule is Cc1ccc(CCN)cc1Oc1ccc(Br)cc1. The fourth-order valence-electron chi connectivity index (χ4n) is 1.71. The Hall–Kier alpha value is -1.32. The number of halogens is 1. The molecule has 0 bridgehead atoms. The van der Waals surface area contributed by atoms with Crippen molar-refractivity contribution in [1.82, 2.24) is 0 Å². The lowest BCUT2D eigenvalue weighted by atomic mass is 10.1. The molecule has 0 aliphatic heterocycles. The van der Waals surface area contributed by atoms with Gasteiger partial charge in [-0.15, -0.1) is 0 Å². The fourth-order valence-corrected chi connectivity index (χ4v) is 1.97. The first kappa shape index (κ1) is 13.1. The Balaban J connectivity index is 2.22. The van der Waals surface area contributed by atoms with Gasteiger partial charge in [-0.3, -0.25) is 0 Å². The Bertz CT molecular complexity index is 523. The van der Waals surface area contributed by atoms with E-state index in [9.17, 15) is 0 Å². The highest BCUT2D eigenvalue weighted by Gasteiger charge is 2.03. The maximum atomic E-state index is 5.89. The molecule has 0 saturated carbocycles. The van der Waals surface area contributed by atoms with E-state index in [1.807, 2.05) is 31.2 Å². The summed E-state index contributed by atoms with van der Waals surface area (Å²) in [6, 6.07) is 14.0. The van der Waals surface area contributed by atoms with Gasteiger partial charge in [0.05, 0.1) is 0 Å². The number of nitrogens with two attached hydrogens (primary N) is 1. The second-order valence-corrected chi connectivity index (χ2v) is 5.11. The lowest BCUT2D eigenvalue weighted by Crippen LogP contribution is -2.02. The van der Waals surface area contributed by atoms with E-state index in [0.717, 1.165) is 28.0 Å². The zero-order chi connectivity index (χ0) is 13.0. The van der Waals surface area contributed by atoms with E-state index in [4.69, 9.17) is 10.5 Å². The van der Waals surface area contributed by atoms with Crippen LogP contribution in [0.4, 0.5) is 0 Å². The molecule has 2 nitrogen and oxygen atoms in total. The molecule has 0 amide bonds. The van der Waals surface area contributed by atoms with Crippen molar-refractivity contribution < 1.29 is 4.74 Å². The lowest BCUT2D eigenvalue weighted by molar-refractivity contribution is 0.478. The van der Waals surface area contributed by atoms with Gasteiger partial charge in [-0.05, 0) is 61.3 Å². The van der Waals surface area contributed by atoms with Crippen LogP contribution >= 0.6 is 15.9 Å². The van der Waals surface area contributed by atoms with Gasteiger partial charge in [-0.1, -0.05) is 28.1 Å². The van der Waals surface area contributed by atoms with Gasteiger partial charge in [0.15, 0.2) is 0 Å². The predicted molar refractivity (Wildman–Crippen MR) is 78.2 cm³/mol. The first-order valence-electron chi connectivity index (χ1n) is 5.92. The standard InChI is InChI=1S/C15H16BrNO/c1-11-2-3-12(8-9-17)10-15(11)18-14-6-4-13(16)5-7-14/h2-7,10H,8-9,17H2,1H3. The minimum absolute atomic E-state index is 0.654. The summed E-state index contributed by atoms with van der Waals surface area (Å²) in [6.45, 7) is 2.70. The summed E-state index contributed by atoms with van der Waals surface area (Å²) in [5.41, 5.74) is 7.90. The molecule has 0 atom stereocenters. The third kappa shape index (κ3) is 3.34. The van der Waals surface area contributed by atoms with E-state index in [0.29, 0.717) is 6.54 Å². The maximum absolute atomic E-state index is 5.89. The highest BCUT2D eigenvalue weighted by Crippen LogP contribution is 2.27. The van der Waals surface area contributed by atoms with Crippen molar-refractivity contribution in [3.8, 4) is 11.5 Å². The van der Waals surface area contributed by atoms with Gasteiger partial charge in [0.2, 0.25) is 0 Å². The molecule has 0 aliphatic carbocycles. The van der Waals surface area contributed by atoms with Crippen LogP contribution in [0.25, 0.3) is 0 Å². The van der Waals surface area contributed by atoms with Crippen LogP contribution in [0.1, 0.15) is 11.1 Å². The van der Waals surface area contributed by atoms with Crippen molar-refractivity contribution in [1.29, 1.82) is 0 Å². The topological polar surface area (TPSA) is 35.2 Å². The van der Waals surface area contributed by atoms with Gasteiger partial charge in [-0.25, -0.2) is 0 Å². The molecule has 0 aliphatic rings. The van der Waals surface area contributed by atoms with Crippen molar-refractivity contribution in [2.24, 2.45) is 5.73 Å². The normalized spacial score (nSPS) is 10.4. The zero-order valence-corrected chi connectivity index (χ0v) is 11.9. The molecule has 0 saturated heterocycles. The molecule has 0 radical (unpaired) electrons. The second-order valence-electron chi connectivity index (χ2n) is 4.19. The van der Waals surface area contributed by atoms with Crippen molar-refractivity contribution >= 4 is 15.9 Å². The van der Waals surface area contributed by atoms with Crippen LogP contribution in [0.3, 0.4) is 0 Å². The molecule has 0 fully saturated rings. The maximum Gasteiger partial charge on any atom is 0.130 e. The molecule has 0 heterocycles. The van der Waals surface area contributed by atoms with Gasteiger partial charge in [0, 0.05) is 4.47 Å². The van der Waals surface area contributed by atoms with Gasteiger partial charge >= 0.3 is 0 Å². The largest absolute Gasteiger partial charge is 0.457 e. The molecule has 2 aromatic carbocycles. The Morgan fingerprint density at radius 1 is 1.11 bits per heavy atom. The Labute approximate surface area is 116 Å². The Kier molecular flexibility index (Phi) is 4.39. The smallest absolute Gasteiger partial charge is 0.130 e. The van der Waals surface area contributed by atoms with Gasteiger partial charge in [0.25, 0.3) is 0 Å². The summed E-state index contributed by atoms with van der Waals surface area (Å²) in [5.74, 6) is 1.73. The molecule has 0 spiro atoms. The molecular weight excluding hydrogens is 290 g/mol. The van der Waals surface area contributed by atoms with Crippen LogP contribution in [0.5, 0.6) is 11.5 Å². The molecule has 2 rings (SSSR count). The molecule has 0 unspecified atom stereocenters. The van der Waals surface area contributed by atoms with Crippen LogP contribution in [-0.4, -0.2) is 6.54 Å². The number of hydrogen-bond donors (Lipinski definition) is 1. The van der Waals surface area contributed by atoms with E-state index in [2.05, 4.69) is 34.1 Å². The third-order valence-electron chi connectivity index (χ3n) is 2.73. The quantitative estimate of drug-likeness (QED) is 0.925. The summed E-state index contributed by atoms with van der Waals surface area (Å²) in [7, 11) is 0. The molecule has 2 aromatic rings. The molecule has 3 heteroatoms. The Morgan fingerprint density at radius 2 is 1.83 bits per heavy atom. The van der Waals surface area contributed by atoms with E-state index < -0.39 is 0 Å². The first-order chi connectivity index (χ1) is 8.69. The number of benzene rings is 2. The van der Waals surface area contributed by atoms with Crippen molar-refractivity contribution in [2.45, 2.75) is 13.3 Å². The van der Waals surface area contributed by atoms with E-state index >= 15 is 0 Å².